The summed E-state index contributed by atoms with van der Waals surface area (Å²) in [6.07, 6.45) is 0.173. The summed E-state index contributed by atoms with van der Waals surface area (Å²) in [5.74, 6) is -0.479. The highest BCUT2D eigenvalue weighted by atomic mass is 19.1. The van der Waals surface area contributed by atoms with E-state index < -0.39 is 0 Å². The number of fused-ring (bicyclic) bond motifs is 1. The van der Waals surface area contributed by atoms with Crippen LogP contribution >= 0.6 is 0 Å². The van der Waals surface area contributed by atoms with Gasteiger partial charge >= 0.3 is 0 Å². The molecule has 140 valence electrons. The minimum Gasteiger partial charge on any atom is -0.352 e. The number of hydrogen-bond donors (Lipinski definition) is 1. The number of aromatic nitrogens is 2. The Bertz CT molecular complexity index is 1060. The van der Waals surface area contributed by atoms with Crippen molar-refractivity contribution in [3.05, 3.63) is 75.0 Å². The van der Waals surface area contributed by atoms with Crippen molar-refractivity contribution in [3.8, 4) is 0 Å². The Morgan fingerprint density at radius 3 is 2.48 bits per heavy atom. The maximum absolute atomic E-state index is 12.9. The Morgan fingerprint density at radius 2 is 1.78 bits per heavy atom. The van der Waals surface area contributed by atoms with E-state index in [4.69, 9.17) is 0 Å². The quantitative estimate of drug-likeness (QED) is 0.753. The first kappa shape index (κ1) is 18.8. The number of nitrogens with one attached hydrogen (secondary N) is 1. The van der Waals surface area contributed by atoms with Gasteiger partial charge in [-0.25, -0.2) is 9.37 Å². The molecule has 1 N–H and O–H groups in total. The van der Waals surface area contributed by atoms with Gasteiger partial charge in [-0.1, -0.05) is 12.1 Å². The van der Waals surface area contributed by atoms with Crippen LogP contribution in [0.5, 0.6) is 0 Å². The Kier molecular flexibility index (Phi) is 5.35. The van der Waals surface area contributed by atoms with Crippen LogP contribution < -0.4 is 10.9 Å². The van der Waals surface area contributed by atoms with Crippen LogP contribution in [0.2, 0.25) is 0 Å². The van der Waals surface area contributed by atoms with Crippen LogP contribution in [0.1, 0.15) is 28.8 Å². The van der Waals surface area contributed by atoms with Gasteiger partial charge in [0.05, 0.1) is 11.0 Å². The van der Waals surface area contributed by atoms with Gasteiger partial charge in [-0.05, 0) is 61.7 Å². The maximum Gasteiger partial charge on any atom is 0.272 e. The minimum atomic E-state index is -0.310. The average molecular weight is 367 g/mol. The van der Waals surface area contributed by atoms with E-state index in [-0.39, 0.29) is 30.2 Å². The molecule has 0 fully saturated rings. The van der Waals surface area contributed by atoms with Crippen molar-refractivity contribution < 1.29 is 9.18 Å². The molecule has 2 aromatic carbocycles. The predicted molar refractivity (Wildman–Crippen MR) is 103 cm³/mol. The molecule has 0 aliphatic heterocycles. The molecule has 0 atom stereocenters. The summed E-state index contributed by atoms with van der Waals surface area (Å²) in [4.78, 5) is 29.1. The highest BCUT2D eigenvalue weighted by molar-refractivity contribution is 5.78. The summed E-state index contributed by atoms with van der Waals surface area (Å²) in [6.45, 7) is 6.27. The highest BCUT2D eigenvalue weighted by Crippen LogP contribution is 2.17. The van der Waals surface area contributed by atoms with E-state index >= 15 is 0 Å². The average Bonchev–Trinajstić information content (AvgIpc) is 2.63. The smallest absolute Gasteiger partial charge is 0.272 e. The van der Waals surface area contributed by atoms with Crippen molar-refractivity contribution in [1.29, 1.82) is 0 Å². The molecule has 5 nitrogen and oxygen atoms in total. The molecule has 1 aromatic heterocycles. The molecule has 0 unspecified atom stereocenters. The summed E-state index contributed by atoms with van der Waals surface area (Å²) < 4.78 is 14.5. The van der Waals surface area contributed by atoms with E-state index in [0.717, 1.165) is 27.7 Å². The number of nitrogens with zero attached hydrogens (tertiary/aromatic N) is 2. The van der Waals surface area contributed by atoms with Gasteiger partial charge in [-0.2, -0.15) is 0 Å². The van der Waals surface area contributed by atoms with E-state index in [1.807, 2.05) is 26.0 Å². The molecule has 0 radical (unpaired) electrons. The molecule has 0 spiro atoms. The standard InChI is InChI=1S/C21H22FN3O2/c1-13-10-18-19(11-14(13)2)25(21(27)15(3)24-18)9-8-20(26)23-12-16-4-6-17(22)7-5-16/h4-7,10-11H,8-9,12H2,1-3H3,(H,23,26). The van der Waals surface area contributed by atoms with Gasteiger partial charge in [0.1, 0.15) is 11.5 Å². The van der Waals surface area contributed by atoms with Crippen LogP contribution in [0, 0.1) is 26.6 Å². The fraction of sp³-hybridized carbons (Fsp3) is 0.286. The zero-order valence-corrected chi connectivity index (χ0v) is 15.7. The van der Waals surface area contributed by atoms with Crippen molar-refractivity contribution >= 4 is 16.9 Å². The van der Waals surface area contributed by atoms with Crippen LogP contribution in [0.25, 0.3) is 11.0 Å². The maximum atomic E-state index is 12.9. The van der Waals surface area contributed by atoms with Gasteiger partial charge in [-0.15, -0.1) is 0 Å². The third-order valence-corrected chi connectivity index (χ3v) is 4.69. The second kappa shape index (κ2) is 7.70. The van der Waals surface area contributed by atoms with Crippen LogP contribution in [-0.4, -0.2) is 15.5 Å². The zero-order chi connectivity index (χ0) is 19.6. The Hall–Kier alpha value is -3.02. The topological polar surface area (TPSA) is 64.0 Å². The summed E-state index contributed by atoms with van der Waals surface area (Å²) >= 11 is 0. The number of halogens is 1. The van der Waals surface area contributed by atoms with Crippen LogP contribution in [0.15, 0.2) is 41.2 Å². The first-order chi connectivity index (χ1) is 12.8. The number of amides is 1. The predicted octanol–water partition coefficient (Wildman–Crippen LogP) is 3.17. The molecule has 0 aliphatic carbocycles. The second-order valence-electron chi connectivity index (χ2n) is 6.73. The molecule has 0 saturated heterocycles. The number of aryl methyl sites for hydroxylation is 4. The lowest BCUT2D eigenvalue weighted by Gasteiger charge is -2.13. The molecular formula is C21H22FN3O2. The van der Waals surface area contributed by atoms with Gasteiger partial charge in [-0.3, -0.25) is 9.59 Å². The van der Waals surface area contributed by atoms with E-state index in [9.17, 15) is 14.0 Å². The van der Waals surface area contributed by atoms with Crippen molar-refractivity contribution in [1.82, 2.24) is 14.9 Å². The van der Waals surface area contributed by atoms with Gasteiger partial charge in [0.25, 0.3) is 5.56 Å². The normalized spacial score (nSPS) is 11.0. The molecule has 3 aromatic rings. The fourth-order valence-corrected chi connectivity index (χ4v) is 2.95. The Balaban J connectivity index is 1.75. The highest BCUT2D eigenvalue weighted by Gasteiger charge is 2.11. The van der Waals surface area contributed by atoms with E-state index in [2.05, 4.69) is 10.3 Å². The SMILES string of the molecule is Cc1cc2nc(C)c(=O)n(CCC(=O)NCc3ccc(F)cc3)c2cc1C. The molecule has 0 aliphatic rings. The molecule has 6 heteroatoms. The summed E-state index contributed by atoms with van der Waals surface area (Å²) in [5.41, 5.74) is 4.72. The lowest BCUT2D eigenvalue weighted by atomic mass is 10.1. The van der Waals surface area contributed by atoms with E-state index in [1.165, 1.54) is 12.1 Å². The first-order valence-corrected chi connectivity index (χ1v) is 8.84. The number of benzene rings is 2. The molecule has 1 heterocycles. The lowest BCUT2D eigenvalue weighted by Crippen LogP contribution is -2.29. The van der Waals surface area contributed by atoms with Crippen LogP contribution in [0.3, 0.4) is 0 Å². The van der Waals surface area contributed by atoms with E-state index in [1.54, 1.807) is 23.6 Å². The largest absolute Gasteiger partial charge is 0.352 e. The fourth-order valence-electron chi connectivity index (χ4n) is 2.95. The van der Waals surface area contributed by atoms with Crippen molar-refractivity contribution in [3.63, 3.8) is 0 Å². The number of carbonyl (C=O) groups is 1. The first-order valence-electron chi connectivity index (χ1n) is 8.84. The summed E-state index contributed by atoms with van der Waals surface area (Å²) in [5, 5.41) is 2.80. The summed E-state index contributed by atoms with van der Waals surface area (Å²) in [6, 6.07) is 9.88. The number of rotatable bonds is 5. The molecule has 1 amide bonds. The number of carbonyl (C=O) groups excluding carboxylic acids is 1. The molecule has 3 rings (SSSR count). The zero-order valence-electron chi connectivity index (χ0n) is 15.7. The van der Waals surface area contributed by atoms with Gasteiger partial charge in [0.15, 0.2) is 0 Å². The third kappa shape index (κ3) is 4.22. The summed E-state index contributed by atoms with van der Waals surface area (Å²) in [7, 11) is 0. The molecule has 0 bridgehead atoms. The van der Waals surface area contributed by atoms with E-state index in [0.29, 0.717) is 12.2 Å². The van der Waals surface area contributed by atoms with Gasteiger partial charge < -0.3 is 9.88 Å². The monoisotopic (exact) mass is 367 g/mol. The second-order valence-corrected chi connectivity index (χ2v) is 6.73. The molecule has 0 saturated carbocycles. The van der Waals surface area contributed by atoms with Crippen molar-refractivity contribution in [2.75, 3.05) is 0 Å². The van der Waals surface area contributed by atoms with Crippen molar-refractivity contribution in [2.24, 2.45) is 0 Å². The van der Waals surface area contributed by atoms with Gasteiger partial charge in [0.2, 0.25) is 5.91 Å². The Morgan fingerprint density at radius 1 is 1.11 bits per heavy atom. The van der Waals surface area contributed by atoms with Gasteiger partial charge in [0, 0.05) is 19.5 Å². The lowest BCUT2D eigenvalue weighted by molar-refractivity contribution is -0.121. The molecular weight excluding hydrogens is 345 g/mol. The minimum absolute atomic E-state index is 0.169. The van der Waals surface area contributed by atoms with Crippen LogP contribution in [-0.2, 0) is 17.9 Å². The Labute approximate surface area is 156 Å². The number of hydrogen-bond acceptors (Lipinski definition) is 3. The van der Waals surface area contributed by atoms with Crippen LogP contribution in [0.4, 0.5) is 4.39 Å². The van der Waals surface area contributed by atoms with Crippen molar-refractivity contribution in [2.45, 2.75) is 40.3 Å². The third-order valence-electron chi connectivity index (χ3n) is 4.69. The molecule has 27 heavy (non-hydrogen) atoms.